The molecule has 0 aliphatic carbocycles. The van der Waals surface area contributed by atoms with E-state index in [2.05, 4.69) is 25.7 Å². The fraction of sp³-hybridized carbons (Fsp3) is 0.158. The molecule has 0 bridgehead atoms. The van der Waals surface area contributed by atoms with Gasteiger partial charge in [-0.2, -0.15) is 0 Å². The van der Waals surface area contributed by atoms with Crippen molar-refractivity contribution in [1.29, 1.82) is 0 Å². The third-order valence-electron chi connectivity index (χ3n) is 3.83. The highest BCUT2D eigenvalue weighted by atomic mass is 32.2. The molecule has 2 heterocycles. The average molecular weight is 412 g/mol. The van der Waals surface area contributed by atoms with Gasteiger partial charge < -0.3 is 14.5 Å². The molecule has 9 heteroatoms. The predicted molar refractivity (Wildman–Crippen MR) is 110 cm³/mol. The molecule has 0 amide bonds. The molecule has 4 aromatic rings. The van der Waals surface area contributed by atoms with E-state index in [1.807, 2.05) is 61.5 Å². The van der Waals surface area contributed by atoms with Crippen molar-refractivity contribution in [1.82, 2.24) is 20.4 Å². The van der Waals surface area contributed by atoms with E-state index in [4.69, 9.17) is 9.15 Å². The van der Waals surface area contributed by atoms with Crippen molar-refractivity contribution in [2.24, 2.45) is 0 Å². The fourth-order valence-electron chi connectivity index (χ4n) is 2.40. The van der Waals surface area contributed by atoms with Gasteiger partial charge in [0.05, 0.1) is 12.4 Å². The molecule has 0 saturated carbocycles. The largest absolute Gasteiger partial charge is 0.497 e. The van der Waals surface area contributed by atoms with Gasteiger partial charge in [-0.15, -0.1) is 20.4 Å². The zero-order valence-electron chi connectivity index (χ0n) is 15.2. The smallest absolute Gasteiger partial charge is 0.247 e. The highest BCUT2D eigenvalue weighted by molar-refractivity contribution is 8.01. The number of hydrogen-bond acceptors (Lipinski definition) is 9. The average Bonchev–Trinajstić information content (AvgIpc) is 3.39. The molecule has 28 heavy (non-hydrogen) atoms. The predicted octanol–water partition coefficient (Wildman–Crippen LogP) is 5.19. The lowest BCUT2D eigenvalue weighted by Gasteiger charge is -2.03. The summed E-state index contributed by atoms with van der Waals surface area (Å²) in [5.74, 6) is 1.88. The Morgan fingerprint density at radius 2 is 1.79 bits per heavy atom. The van der Waals surface area contributed by atoms with Crippen LogP contribution in [0.5, 0.6) is 5.75 Å². The van der Waals surface area contributed by atoms with Gasteiger partial charge in [-0.3, -0.25) is 0 Å². The molecule has 142 valence electrons. The molecule has 2 aromatic carbocycles. The molecule has 2 aromatic heterocycles. The molecule has 0 aliphatic heterocycles. The van der Waals surface area contributed by atoms with Crippen LogP contribution in [0.3, 0.4) is 0 Å². The van der Waals surface area contributed by atoms with Crippen LogP contribution in [0.25, 0.3) is 11.5 Å². The highest BCUT2D eigenvalue weighted by Gasteiger charge is 2.18. The number of methoxy groups -OCH3 is 1. The summed E-state index contributed by atoms with van der Waals surface area (Å²) in [6.07, 6.45) is 0. The summed E-state index contributed by atoms with van der Waals surface area (Å²) >= 11 is 3.00. The lowest BCUT2D eigenvalue weighted by molar-refractivity contribution is 0.415. The first-order valence-corrected chi connectivity index (χ1v) is 10.2. The Hall–Kier alpha value is -2.91. The maximum absolute atomic E-state index is 5.81. The third kappa shape index (κ3) is 4.32. The highest BCUT2D eigenvalue weighted by Crippen LogP contribution is 2.38. The van der Waals surface area contributed by atoms with Crippen molar-refractivity contribution >= 4 is 33.9 Å². The lowest BCUT2D eigenvalue weighted by Crippen LogP contribution is -1.89. The first kappa shape index (κ1) is 18.5. The van der Waals surface area contributed by atoms with Crippen molar-refractivity contribution in [3.05, 3.63) is 60.5 Å². The standard InChI is InChI=1S/C19H17N5O2S2/c1-12(16-21-22-17(26-16)13-6-4-3-5-7-13)27-19-24-23-18(28-19)20-14-8-10-15(25-2)11-9-14/h3-12H,1-2H3,(H,20,23)/t12-/m1/s1. The normalized spacial score (nSPS) is 11.9. The third-order valence-corrected chi connectivity index (χ3v) is 5.84. The van der Waals surface area contributed by atoms with Gasteiger partial charge in [-0.1, -0.05) is 41.3 Å². The first-order chi connectivity index (χ1) is 13.7. The Morgan fingerprint density at radius 1 is 1.00 bits per heavy atom. The minimum atomic E-state index is -0.0354. The molecular weight excluding hydrogens is 394 g/mol. The molecule has 0 saturated heterocycles. The molecule has 1 N–H and O–H groups in total. The summed E-state index contributed by atoms with van der Waals surface area (Å²) in [6, 6.07) is 17.4. The van der Waals surface area contributed by atoms with Crippen molar-refractivity contribution < 1.29 is 9.15 Å². The number of anilines is 2. The molecule has 0 radical (unpaired) electrons. The first-order valence-electron chi connectivity index (χ1n) is 8.51. The Balaban J connectivity index is 1.40. The van der Waals surface area contributed by atoms with Crippen LogP contribution in [0.1, 0.15) is 18.1 Å². The van der Waals surface area contributed by atoms with E-state index in [0.29, 0.717) is 11.8 Å². The number of thioether (sulfide) groups is 1. The summed E-state index contributed by atoms with van der Waals surface area (Å²) in [5.41, 5.74) is 1.83. The summed E-state index contributed by atoms with van der Waals surface area (Å²) in [6.45, 7) is 2.00. The number of nitrogens with one attached hydrogen (secondary N) is 1. The lowest BCUT2D eigenvalue weighted by atomic mass is 10.2. The van der Waals surface area contributed by atoms with Gasteiger partial charge in [0.2, 0.25) is 16.9 Å². The molecule has 0 fully saturated rings. The van der Waals surface area contributed by atoms with Gasteiger partial charge in [0.15, 0.2) is 4.34 Å². The minimum Gasteiger partial charge on any atom is -0.497 e. The summed E-state index contributed by atoms with van der Waals surface area (Å²) in [5, 5.41) is 20.7. The van der Waals surface area contributed by atoms with E-state index in [0.717, 1.165) is 26.5 Å². The van der Waals surface area contributed by atoms with Crippen LogP contribution in [0, 0.1) is 0 Å². The van der Waals surface area contributed by atoms with Crippen LogP contribution in [0.4, 0.5) is 10.8 Å². The van der Waals surface area contributed by atoms with Crippen LogP contribution in [-0.4, -0.2) is 27.5 Å². The zero-order valence-corrected chi connectivity index (χ0v) is 16.8. The maximum atomic E-state index is 5.81. The molecule has 0 aliphatic rings. The van der Waals surface area contributed by atoms with E-state index in [1.165, 1.54) is 23.1 Å². The number of nitrogens with zero attached hydrogens (tertiary/aromatic N) is 4. The summed E-state index contributed by atoms with van der Waals surface area (Å²) in [7, 11) is 1.64. The number of benzene rings is 2. The maximum Gasteiger partial charge on any atom is 0.247 e. The quantitative estimate of drug-likeness (QED) is 0.416. The SMILES string of the molecule is COc1ccc(Nc2nnc(S[C@H](C)c3nnc(-c4ccccc4)o3)s2)cc1. The molecule has 1 atom stereocenters. The van der Waals surface area contributed by atoms with Crippen molar-refractivity contribution in [3.63, 3.8) is 0 Å². The Morgan fingerprint density at radius 3 is 2.54 bits per heavy atom. The molecular formula is C19H17N5O2S2. The van der Waals surface area contributed by atoms with Crippen molar-refractivity contribution in [2.75, 3.05) is 12.4 Å². The molecule has 4 rings (SSSR count). The van der Waals surface area contributed by atoms with E-state index in [1.54, 1.807) is 7.11 Å². The number of aromatic nitrogens is 4. The van der Waals surface area contributed by atoms with Gasteiger partial charge in [-0.05, 0) is 43.3 Å². The van der Waals surface area contributed by atoms with E-state index in [9.17, 15) is 0 Å². The van der Waals surface area contributed by atoms with Crippen LogP contribution in [0.2, 0.25) is 0 Å². The van der Waals surface area contributed by atoms with Crippen LogP contribution < -0.4 is 10.1 Å². The molecule has 7 nitrogen and oxygen atoms in total. The Kier molecular flexibility index (Phi) is 5.54. The zero-order chi connectivity index (χ0) is 19.3. The topological polar surface area (TPSA) is 86.0 Å². The minimum absolute atomic E-state index is 0.0354. The van der Waals surface area contributed by atoms with Crippen molar-refractivity contribution in [2.45, 2.75) is 16.5 Å². The van der Waals surface area contributed by atoms with E-state index < -0.39 is 0 Å². The molecule has 0 spiro atoms. The number of hydrogen-bond donors (Lipinski definition) is 1. The van der Waals surface area contributed by atoms with Gasteiger partial charge >= 0.3 is 0 Å². The summed E-state index contributed by atoms with van der Waals surface area (Å²) < 4.78 is 11.8. The van der Waals surface area contributed by atoms with Crippen LogP contribution >= 0.6 is 23.1 Å². The number of rotatable bonds is 7. The summed E-state index contributed by atoms with van der Waals surface area (Å²) in [4.78, 5) is 0. The van der Waals surface area contributed by atoms with E-state index in [-0.39, 0.29) is 5.25 Å². The Bertz CT molecular complexity index is 1030. The van der Waals surface area contributed by atoms with E-state index >= 15 is 0 Å². The van der Waals surface area contributed by atoms with Gasteiger partial charge in [0.1, 0.15) is 5.75 Å². The second-order valence-electron chi connectivity index (χ2n) is 5.80. The van der Waals surface area contributed by atoms with Crippen LogP contribution in [-0.2, 0) is 0 Å². The second kappa shape index (κ2) is 8.41. The van der Waals surface area contributed by atoms with Gasteiger partial charge in [-0.25, -0.2) is 0 Å². The fourth-order valence-corrected chi connectivity index (χ4v) is 4.35. The van der Waals surface area contributed by atoms with Crippen molar-refractivity contribution in [3.8, 4) is 17.2 Å². The van der Waals surface area contributed by atoms with Gasteiger partial charge in [0.25, 0.3) is 0 Å². The Labute approximate surface area is 170 Å². The van der Waals surface area contributed by atoms with Gasteiger partial charge in [0, 0.05) is 11.3 Å². The monoisotopic (exact) mass is 411 g/mol. The second-order valence-corrected chi connectivity index (χ2v) is 8.36. The number of ether oxygens (including phenoxy) is 1. The molecule has 0 unspecified atom stereocenters. The van der Waals surface area contributed by atoms with Crippen LogP contribution in [0.15, 0.2) is 63.4 Å².